The van der Waals surface area contributed by atoms with Gasteiger partial charge in [-0.25, -0.2) is 9.97 Å². The predicted molar refractivity (Wildman–Crippen MR) is 129 cm³/mol. The summed E-state index contributed by atoms with van der Waals surface area (Å²) in [6.07, 6.45) is 0. The second kappa shape index (κ2) is 7.61. The molecule has 31 heavy (non-hydrogen) atoms. The minimum atomic E-state index is 0.0290. The van der Waals surface area contributed by atoms with Gasteiger partial charge in [-0.05, 0) is 36.2 Å². The van der Waals surface area contributed by atoms with Crippen molar-refractivity contribution in [1.82, 2.24) is 9.97 Å². The molecule has 5 rings (SSSR count). The van der Waals surface area contributed by atoms with E-state index in [0.29, 0.717) is 27.1 Å². The van der Waals surface area contributed by atoms with E-state index in [-0.39, 0.29) is 5.75 Å². The largest absolute Gasteiger partial charge is 0.507 e. The molecule has 0 aliphatic rings. The summed E-state index contributed by atoms with van der Waals surface area (Å²) in [6, 6.07) is 16.8. The molecule has 0 spiro atoms. The van der Waals surface area contributed by atoms with Gasteiger partial charge in [-0.1, -0.05) is 55.0 Å². The Morgan fingerprint density at radius 2 is 1.81 bits per heavy atom. The van der Waals surface area contributed by atoms with Gasteiger partial charge in [0, 0.05) is 26.4 Å². The van der Waals surface area contributed by atoms with Crippen molar-refractivity contribution < 1.29 is 5.11 Å². The molecule has 2 aromatic carbocycles. The zero-order valence-electron chi connectivity index (χ0n) is 16.7. The van der Waals surface area contributed by atoms with Gasteiger partial charge in [0.25, 0.3) is 0 Å². The monoisotopic (exact) mass is 461 g/mol. The Balaban J connectivity index is 1.83. The van der Waals surface area contributed by atoms with Crippen molar-refractivity contribution in [3.05, 3.63) is 64.0 Å². The molecule has 152 valence electrons. The number of aromatic nitrogens is 2. The molecule has 0 aliphatic heterocycles. The van der Waals surface area contributed by atoms with E-state index >= 15 is 0 Å². The fourth-order valence-electron chi connectivity index (χ4n) is 3.55. The highest BCUT2D eigenvalue weighted by molar-refractivity contribution is 7.22. The standard InChI is InChI=1S/C24H16ClN3OS2/c1-12(2)19-10-16-20(14-5-3-4-6-17(14)25)21-24(28-23(16)30-19)31-22(27-21)15-8-7-13(11-26)9-18(15)29/h3-10,12,29H,1-2H3. The van der Waals surface area contributed by atoms with Crippen LogP contribution in [0.1, 0.15) is 30.2 Å². The molecule has 0 saturated heterocycles. The maximum Gasteiger partial charge on any atom is 0.146 e. The summed E-state index contributed by atoms with van der Waals surface area (Å²) < 4.78 is 0. The topological polar surface area (TPSA) is 69.8 Å². The number of thiophene rings is 1. The van der Waals surface area contributed by atoms with E-state index < -0.39 is 0 Å². The first-order chi connectivity index (χ1) is 15.0. The normalized spacial score (nSPS) is 11.5. The number of pyridine rings is 1. The number of benzene rings is 2. The van der Waals surface area contributed by atoms with Crippen LogP contribution in [-0.2, 0) is 0 Å². The number of thiazole rings is 1. The van der Waals surface area contributed by atoms with E-state index in [1.807, 2.05) is 30.3 Å². The van der Waals surface area contributed by atoms with Crippen LogP contribution < -0.4 is 0 Å². The molecule has 3 heterocycles. The molecule has 4 nitrogen and oxygen atoms in total. The number of nitriles is 1. The highest BCUT2D eigenvalue weighted by Gasteiger charge is 2.21. The molecule has 0 radical (unpaired) electrons. The average Bonchev–Trinajstić information content (AvgIpc) is 3.36. The van der Waals surface area contributed by atoms with Crippen LogP contribution >= 0.6 is 34.3 Å². The highest BCUT2D eigenvalue weighted by Crippen LogP contribution is 2.45. The van der Waals surface area contributed by atoms with Crippen molar-refractivity contribution >= 4 is 54.8 Å². The maximum atomic E-state index is 10.5. The first-order valence-electron chi connectivity index (χ1n) is 9.68. The fourth-order valence-corrected chi connectivity index (χ4v) is 5.87. The Bertz CT molecular complexity index is 1510. The van der Waals surface area contributed by atoms with Gasteiger partial charge in [0.05, 0.1) is 17.2 Å². The summed E-state index contributed by atoms with van der Waals surface area (Å²) >= 11 is 9.71. The van der Waals surface area contributed by atoms with Gasteiger partial charge >= 0.3 is 0 Å². The van der Waals surface area contributed by atoms with Crippen LogP contribution in [0.4, 0.5) is 0 Å². The summed E-state index contributed by atoms with van der Waals surface area (Å²) in [4.78, 5) is 12.8. The van der Waals surface area contributed by atoms with Crippen molar-refractivity contribution in [2.45, 2.75) is 19.8 Å². The second-order valence-electron chi connectivity index (χ2n) is 7.51. The predicted octanol–water partition coefficient (Wildman–Crippen LogP) is 7.59. The summed E-state index contributed by atoms with van der Waals surface area (Å²) in [5.41, 5.74) is 3.62. The number of nitrogens with zero attached hydrogens (tertiary/aromatic N) is 3. The van der Waals surface area contributed by atoms with Crippen LogP contribution in [0.15, 0.2) is 48.5 Å². The Labute approximate surface area is 192 Å². The van der Waals surface area contributed by atoms with Crippen molar-refractivity contribution in [2.75, 3.05) is 0 Å². The van der Waals surface area contributed by atoms with E-state index in [1.54, 1.807) is 23.5 Å². The number of aromatic hydroxyl groups is 1. The molecule has 0 atom stereocenters. The number of halogens is 1. The van der Waals surface area contributed by atoms with Crippen molar-refractivity contribution in [1.29, 1.82) is 5.26 Å². The third kappa shape index (κ3) is 3.35. The van der Waals surface area contributed by atoms with Gasteiger partial charge in [-0.3, -0.25) is 0 Å². The number of fused-ring (bicyclic) bond motifs is 2. The van der Waals surface area contributed by atoms with Crippen molar-refractivity contribution in [3.63, 3.8) is 0 Å². The molecular weight excluding hydrogens is 446 g/mol. The Morgan fingerprint density at radius 1 is 1.00 bits per heavy atom. The van der Waals surface area contributed by atoms with Crippen LogP contribution in [0.25, 0.3) is 42.3 Å². The van der Waals surface area contributed by atoms with Crippen LogP contribution in [0, 0.1) is 11.3 Å². The SMILES string of the molecule is CC(C)c1cc2c(-c3ccccc3Cl)c3nc(-c4ccc(C#N)cc4O)sc3nc2s1. The van der Waals surface area contributed by atoms with Gasteiger partial charge in [-0.15, -0.1) is 11.3 Å². The second-order valence-corrected chi connectivity index (χ2v) is 9.95. The smallest absolute Gasteiger partial charge is 0.146 e. The van der Waals surface area contributed by atoms with Crippen LogP contribution in [0.2, 0.25) is 5.02 Å². The van der Waals surface area contributed by atoms with E-state index in [4.69, 9.17) is 26.8 Å². The zero-order chi connectivity index (χ0) is 21.7. The Kier molecular flexibility index (Phi) is 4.90. The fraction of sp³-hybridized carbons (Fsp3) is 0.125. The van der Waals surface area contributed by atoms with E-state index in [2.05, 4.69) is 19.9 Å². The highest BCUT2D eigenvalue weighted by atomic mass is 35.5. The van der Waals surface area contributed by atoms with Crippen LogP contribution in [-0.4, -0.2) is 15.1 Å². The maximum absolute atomic E-state index is 10.5. The average molecular weight is 462 g/mol. The van der Waals surface area contributed by atoms with Gasteiger partial charge in [-0.2, -0.15) is 5.26 Å². The summed E-state index contributed by atoms with van der Waals surface area (Å²) in [5, 5.41) is 21.9. The lowest BCUT2D eigenvalue weighted by atomic mass is 10.0. The van der Waals surface area contributed by atoms with E-state index in [0.717, 1.165) is 31.7 Å². The lowest BCUT2D eigenvalue weighted by molar-refractivity contribution is 0.477. The van der Waals surface area contributed by atoms with Crippen LogP contribution in [0.3, 0.4) is 0 Å². The lowest BCUT2D eigenvalue weighted by Gasteiger charge is -2.07. The number of phenols is 1. The molecule has 0 aliphatic carbocycles. The first-order valence-corrected chi connectivity index (χ1v) is 11.7. The number of hydrogen-bond acceptors (Lipinski definition) is 6. The molecule has 3 aromatic heterocycles. The quantitative estimate of drug-likeness (QED) is 0.300. The molecule has 7 heteroatoms. The summed E-state index contributed by atoms with van der Waals surface area (Å²) in [6.45, 7) is 4.35. The minimum absolute atomic E-state index is 0.0290. The number of phenolic OH excluding ortho intramolecular Hbond substituents is 1. The van der Waals surface area contributed by atoms with E-state index in [9.17, 15) is 5.11 Å². The van der Waals surface area contributed by atoms with Crippen molar-refractivity contribution in [2.24, 2.45) is 0 Å². The zero-order valence-corrected chi connectivity index (χ0v) is 19.1. The van der Waals surface area contributed by atoms with Gasteiger partial charge < -0.3 is 5.11 Å². The third-order valence-electron chi connectivity index (χ3n) is 5.12. The lowest BCUT2D eigenvalue weighted by Crippen LogP contribution is -1.86. The molecule has 0 fully saturated rings. The number of rotatable bonds is 3. The minimum Gasteiger partial charge on any atom is -0.507 e. The molecule has 0 unspecified atom stereocenters. The number of hydrogen-bond donors (Lipinski definition) is 1. The molecule has 0 saturated carbocycles. The Morgan fingerprint density at radius 3 is 2.52 bits per heavy atom. The molecular formula is C24H16ClN3OS2. The molecule has 1 N–H and O–H groups in total. The Hall–Kier alpha value is -2.98. The third-order valence-corrected chi connectivity index (χ3v) is 7.76. The van der Waals surface area contributed by atoms with Gasteiger partial charge in [0.15, 0.2) is 0 Å². The van der Waals surface area contributed by atoms with Crippen molar-refractivity contribution in [3.8, 4) is 33.5 Å². The van der Waals surface area contributed by atoms with E-state index in [1.165, 1.54) is 22.3 Å². The van der Waals surface area contributed by atoms with Gasteiger partial charge in [0.2, 0.25) is 0 Å². The molecule has 0 amide bonds. The van der Waals surface area contributed by atoms with Crippen LogP contribution in [0.5, 0.6) is 5.75 Å². The molecule has 0 bridgehead atoms. The summed E-state index contributed by atoms with van der Waals surface area (Å²) in [5.74, 6) is 0.428. The first kappa shape index (κ1) is 20.0. The van der Waals surface area contributed by atoms with Gasteiger partial charge in [0.1, 0.15) is 25.9 Å². The summed E-state index contributed by atoms with van der Waals surface area (Å²) in [7, 11) is 0. The molecule has 5 aromatic rings.